The van der Waals surface area contributed by atoms with Crippen molar-refractivity contribution in [1.82, 2.24) is 4.72 Å². The lowest BCUT2D eigenvalue weighted by Gasteiger charge is -2.10. The second-order valence-corrected chi connectivity index (χ2v) is 6.74. The zero-order chi connectivity index (χ0) is 12.9. The highest BCUT2D eigenvalue weighted by molar-refractivity contribution is 9.10. The fourth-order valence-electron chi connectivity index (χ4n) is 1.18. The van der Waals surface area contributed by atoms with Gasteiger partial charge in [-0.25, -0.2) is 13.1 Å². The third kappa shape index (κ3) is 5.63. The molecule has 0 heterocycles. The van der Waals surface area contributed by atoms with Crippen LogP contribution in [0.25, 0.3) is 0 Å². The molecule has 96 valence electrons. The van der Waals surface area contributed by atoms with Crippen molar-refractivity contribution < 1.29 is 13.5 Å². The smallest absolute Gasteiger partial charge is 0.215 e. The van der Waals surface area contributed by atoms with Crippen LogP contribution in [-0.4, -0.2) is 26.7 Å². The molecular weight excluding hydrogens is 306 g/mol. The Hall–Kier alpha value is -0.430. The maximum atomic E-state index is 11.7. The van der Waals surface area contributed by atoms with Crippen molar-refractivity contribution in [3.8, 4) is 0 Å². The summed E-state index contributed by atoms with van der Waals surface area (Å²) in [6, 6.07) is 7.14. The Bertz CT molecular complexity index is 444. The summed E-state index contributed by atoms with van der Waals surface area (Å²) in [5.74, 6) is -0.118. The standard InChI is InChI=1S/C11H16BrNO3S/c1-9(7-14)6-13-17(15,16)8-10-2-4-11(12)5-3-10/h2-5,9,13-14H,6-8H2,1H3. The largest absolute Gasteiger partial charge is 0.396 e. The molecule has 0 bridgehead atoms. The van der Waals surface area contributed by atoms with Crippen LogP contribution >= 0.6 is 15.9 Å². The number of nitrogens with one attached hydrogen (secondary N) is 1. The van der Waals surface area contributed by atoms with Crippen LogP contribution in [0.15, 0.2) is 28.7 Å². The van der Waals surface area contributed by atoms with Crippen LogP contribution in [0.1, 0.15) is 12.5 Å². The second kappa shape index (κ2) is 6.49. The molecule has 0 amide bonds. The Balaban J connectivity index is 2.57. The van der Waals surface area contributed by atoms with E-state index in [0.717, 1.165) is 10.0 Å². The van der Waals surface area contributed by atoms with Crippen LogP contribution < -0.4 is 4.72 Å². The molecule has 1 aromatic carbocycles. The molecule has 2 N–H and O–H groups in total. The van der Waals surface area contributed by atoms with Gasteiger partial charge < -0.3 is 5.11 Å². The first-order valence-electron chi connectivity index (χ1n) is 5.25. The Labute approximate surface area is 110 Å². The quantitative estimate of drug-likeness (QED) is 0.834. The molecule has 0 aliphatic heterocycles. The highest BCUT2D eigenvalue weighted by Gasteiger charge is 2.12. The van der Waals surface area contributed by atoms with E-state index in [4.69, 9.17) is 5.11 Å². The summed E-state index contributed by atoms with van der Waals surface area (Å²) in [5, 5.41) is 8.81. The summed E-state index contributed by atoms with van der Waals surface area (Å²) in [6.07, 6.45) is 0. The van der Waals surface area contributed by atoms with Crippen molar-refractivity contribution in [2.75, 3.05) is 13.2 Å². The first kappa shape index (κ1) is 14.6. The molecule has 0 saturated carbocycles. The number of aliphatic hydroxyl groups is 1. The maximum Gasteiger partial charge on any atom is 0.215 e. The Morgan fingerprint density at radius 3 is 2.47 bits per heavy atom. The second-order valence-electron chi connectivity index (χ2n) is 4.02. The molecule has 1 rings (SSSR count). The van der Waals surface area contributed by atoms with Crippen molar-refractivity contribution in [3.63, 3.8) is 0 Å². The molecule has 0 saturated heterocycles. The van der Waals surface area contributed by atoms with E-state index >= 15 is 0 Å². The first-order chi connectivity index (χ1) is 7.93. The van der Waals surface area contributed by atoms with Crippen LogP contribution in [0.5, 0.6) is 0 Å². The number of rotatable bonds is 6. The molecule has 0 radical (unpaired) electrons. The summed E-state index contributed by atoms with van der Waals surface area (Å²) < 4.78 is 26.8. The van der Waals surface area contributed by atoms with Gasteiger partial charge in [0.05, 0.1) is 5.75 Å². The highest BCUT2D eigenvalue weighted by Crippen LogP contribution is 2.12. The lowest BCUT2D eigenvalue weighted by molar-refractivity contribution is 0.238. The summed E-state index contributed by atoms with van der Waals surface area (Å²) in [7, 11) is -3.33. The summed E-state index contributed by atoms with van der Waals surface area (Å²) in [5.41, 5.74) is 0.734. The van der Waals surface area contributed by atoms with Crippen molar-refractivity contribution >= 4 is 26.0 Å². The molecule has 17 heavy (non-hydrogen) atoms. The molecule has 4 nitrogen and oxygen atoms in total. The van der Waals surface area contributed by atoms with Gasteiger partial charge in [0, 0.05) is 17.6 Å². The predicted molar refractivity (Wildman–Crippen MR) is 71.0 cm³/mol. The molecule has 6 heteroatoms. The van der Waals surface area contributed by atoms with Gasteiger partial charge in [-0.2, -0.15) is 0 Å². The van der Waals surface area contributed by atoms with Gasteiger partial charge in [0.15, 0.2) is 0 Å². The fourth-order valence-corrected chi connectivity index (χ4v) is 2.72. The topological polar surface area (TPSA) is 66.4 Å². The van der Waals surface area contributed by atoms with E-state index < -0.39 is 10.0 Å². The SMILES string of the molecule is CC(CO)CNS(=O)(=O)Cc1ccc(Br)cc1. The molecule has 0 aliphatic rings. The lowest BCUT2D eigenvalue weighted by atomic mass is 10.2. The normalized spacial score (nSPS) is 13.6. The number of hydrogen-bond donors (Lipinski definition) is 2. The average Bonchev–Trinajstić information content (AvgIpc) is 2.29. The Morgan fingerprint density at radius 2 is 1.94 bits per heavy atom. The van der Waals surface area contributed by atoms with Crippen LogP contribution in [0.2, 0.25) is 0 Å². The van der Waals surface area contributed by atoms with Crippen molar-refractivity contribution in [2.24, 2.45) is 5.92 Å². The van der Waals surface area contributed by atoms with Crippen molar-refractivity contribution in [1.29, 1.82) is 0 Å². The summed E-state index contributed by atoms with van der Waals surface area (Å²) in [4.78, 5) is 0. The minimum absolute atomic E-state index is 0.0270. The van der Waals surface area contributed by atoms with E-state index in [2.05, 4.69) is 20.7 Å². The third-order valence-electron chi connectivity index (χ3n) is 2.23. The molecule has 1 aromatic rings. The zero-order valence-corrected chi connectivity index (χ0v) is 12.0. The first-order valence-corrected chi connectivity index (χ1v) is 7.70. The molecular formula is C11H16BrNO3S. The number of hydrogen-bond acceptors (Lipinski definition) is 3. The maximum absolute atomic E-state index is 11.7. The molecule has 0 aromatic heterocycles. The van der Waals surface area contributed by atoms with Crippen molar-refractivity contribution in [3.05, 3.63) is 34.3 Å². The fraction of sp³-hybridized carbons (Fsp3) is 0.455. The van der Waals surface area contributed by atoms with Crippen LogP contribution in [0.3, 0.4) is 0 Å². The molecule has 0 spiro atoms. The van der Waals surface area contributed by atoms with E-state index in [1.807, 2.05) is 0 Å². The van der Waals surface area contributed by atoms with Gasteiger partial charge in [-0.1, -0.05) is 35.0 Å². The third-order valence-corrected chi connectivity index (χ3v) is 4.08. The van der Waals surface area contributed by atoms with Gasteiger partial charge in [-0.05, 0) is 23.6 Å². The van der Waals surface area contributed by atoms with Crippen molar-refractivity contribution in [2.45, 2.75) is 12.7 Å². The van der Waals surface area contributed by atoms with E-state index in [-0.39, 0.29) is 24.8 Å². The van der Waals surface area contributed by atoms with Gasteiger partial charge in [-0.3, -0.25) is 0 Å². The minimum Gasteiger partial charge on any atom is -0.396 e. The zero-order valence-electron chi connectivity index (χ0n) is 9.56. The van der Waals surface area contributed by atoms with E-state index in [1.165, 1.54) is 0 Å². The van der Waals surface area contributed by atoms with Gasteiger partial charge >= 0.3 is 0 Å². The number of benzene rings is 1. The number of sulfonamides is 1. The number of halogens is 1. The van der Waals surface area contributed by atoms with Gasteiger partial charge in [0.1, 0.15) is 0 Å². The molecule has 1 unspecified atom stereocenters. The summed E-state index contributed by atoms with van der Waals surface area (Å²) >= 11 is 3.29. The molecule has 1 atom stereocenters. The predicted octanol–water partition coefficient (Wildman–Crippen LogP) is 1.50. The molecule has 0 aliphatic carbocycles. The van der Waals surface area contributed by atoms with E-state index in [9.17, 15) is 8.42 Å². The Morgan fingerprint density at radius 1 is 1.35 bits per heavy atom. The Kier molecular flexibility index (Phi) is 5.58. The van der Waals surface area contributed by atoms with Crippen LogP contribution in [0, 0.1) is 5.92 Å². The summed E-state index contributed by atoms with van der Waals surface area (Å²) in [6.45, 7) is 2.01. The average molecular weight is 322 g/mol. The highest BCUT2D eigenvalue weighted by atomic mass is 79.9. The van der Waals surface area contributed by atoms with E-state index in [1.54, 1.807) is 31.2 Å². The van der Waals surface area contributed by atoms with E-state index in [0.29, 0.717) is 0 Å². The van der Waals surface area contributed by atoms with Gasteiger partial charge in [0.2, 0.25) is 10.0 Å². The van der Waals surface area contributed by atoms with Crippen LogP contribution in [0.4, 0.5) is 0 Å². The molecule has 0 fully saturated rings. The minimum atomic E-state index is -3.33. The van der Waals surface area contributed by atoms with Gasteiger partial charge in [0.25, 0.3) is 0 Å². The van der Waals surface area contributed by atoms with Crippen LogP contribution in [-0.2, 0) is 15.8 Å². The number of aliphatic hydroxyl groups excluding tert-OH is 1. The van der Waals surface area contributed by atoms with Gasteiger partial charge in [-0.15, -0.1) is 0 Å². The lowest BCUT2D eigenvalue weighted by Crippen LogP contribution is -2.30. The monoisotopic (exact) mass is 321 g/mol.